The van der Waals surface area contributed by atoms with Crippen LogP contribution in [0.25, 0.3) is 10.8 Å². The van der Waals surface area contributed by atoms with Crippen LogP contribution in [0, 0.1) is 5.92 Å². The summed E-state index contributed by atoms with van der Waals surface area (Å²) in [7, 11) is 0. The van der Waals surface area contributed by atoms with E-state index in [9.17, 15) is 4.79 Å². The van der Waals surface area contributed by atoms with E-state index in [0.29, 0.717) is 37.6 Å². The molecule has 0 aromatic heterocycles. The number of halogens is 1. The first-order valence-electron chi connectivity index (χ1n) is 9.41. The Bertz CT molecular complexity index is 734. The summed E-state index contributed by atoms with van der Waals surface area (Å²) in [6.07, 6.45) is 5.51. The summed E-state index contributed by atoms with van der Waals surface area (Å²) in [6.45, 7) is 1.05. The van der Waals surface area contributed by atoms with Crippen LogP contribution in [0.15, 0.2) is 42.5 Å². The Morgan fingerprint density at radius 3 is 2.62 bits per heavy atom. The Morgan fingerprint density at radius 1 is 1.08 bits per heavy atom. The van der Waals surface area contributed by atoms with E-state index in [0.717, 1.165) is 24.0 Å². The molecule has 2 N–H and O–H groups in total. The monoisotopic (exact) mass is 374 g/mol. The summed E-state index contributed by atoms with van der Waals surface area (Å²) < 4.78 is 5.88. The molecular weight excluding hydrogens is 348 g/mol. The average molecular weight is 375 g/mol. The van der Waals surface area contributed by atoms with Crippen molar-refractivity contribution in [2.45, 2.75) is 44.2 Å². The zero-order valence-corrected chi connectivity index (χ0v) is 15.8. The maximum atomic E-state index is 12.2. The Balaban J connectivity index is 0.00000196. The van der Waals surface area contributed by atoms with Crippen molar-refractivity contribution in [1.29, 1.82) is 0 Å². The Morgan fingerprint density at radius 2 is 1.81 bits per heavy atom. The van der Waals surface area contributed by atoms with Gasteiger partial charge in [0.15, 0.2) is 0 Å². The first kappa shape index (κ1) is 19.0. The van der Waals surface area contributed by atoms with Gasteiger partial charge in [-0.05, 0) is 43.1 Å². The van der Waals surface area contributed by atoms with Gasteiger partial charge in [0, 0.05) is 23.9 Å². The number of piperidine rings is 1. The molecule has 2 aromatic carbocycles. The normalized spacial score (nSPS) is 24.1. The summed E-state index contributed by atoms with van der Waals surface area (Å²) in [5, 5.41) is 8.92. The highest BCUT2D eigenvalue weighted by atomic mass is 35.5. The van der Waals surface area contributed by atoms with Crippen LogP contribution in [0.5, 0.6) is 5.75 Å². The molecule has 2 heterocycles. The average Bonchev–Trinajstić information content (AvgIpc) is 2.97. The van der Waals surface area contributed by atoms with Crippen molar-refractivity contribution in [2.75, 3.05) is 13.2 Å². The number of fused-ring (bicyclic) bond motifs is 3. The summed E-state index contributed by atoms with van der Waals surface area (Å²) in [4.78, 5) is 12.2. The van der Waals surface area contributed by atoms with Crippen LogP contribution in [0.4, 0.5) is 0 Å². The van der Waals surface area contributed by atoms with Gasteiger partial charge in [0.05, 0.1) is 6.54 Å². The van der Waals surface area contributed by atoms with Crippen molar-refractivity contribution >= 4 is 29.1 Å². The van der Waals surface area contributed by atoms with Crippen molar-refractivity contribution in [3.8, 4) is 5.75 Å². The molecule has 2 aliphatic heterocycles. The molecule has 2 aliphatic rings. The van der Waals surface area contributed by atoms with E-state index in [4.69, 9.17) is 4.74 Å². The smallest absolute Gasteiger partial charge is 0.220 e. The van der Waals surface area contributed by atoms with Crippen LogP contribution in [0.2, 0.25) is 0 Å². The third kappa shape index (κ3) is 4.49. The molecule has 0 saturated carbocycles. The fraction of sp³-hybridized carbons (Fsp3) is 0.476. The molecule has 0 spiro atoms. The Hall–Kier alpha value is -1.78. The quantitative estimate of drug-likeness (QED) is 0.758. The summed E-state index contributed by atoms with van der Waals surface area (Å²) in [5.41, 5.74) is 0. The molecule has 4 rings (SSSR count). The number of ether oxygens (including phenoxy) is 1. The van der Waals surface area contributed by atoms with Gasteiger partial charge in [-0.3, -0.25) is 4.79 Å². The van der Waals surface area contributed by atoms with Gasteiger partial charge >= 0.3 is 0 Å². The minimum absolute atomic E-state index is 0. The molecule has 5 heteroatoms. The fourth-order valence-electron chi connectivity index (χ4n) is 4.35. The molecule has 4 nitrogen and oxygen atoms in total. The molecule has 0 radical (unpaired) electrons. The van der Waals surface area contributed by atoms with Gasteiger partial charge in [-0.1, -0.05) is 36.4 Å². The van der Waals surface area contributed by atoms with Gasteiger partial charge in [0.25, 0.3) is 0 Å². The lowest BCUT2D eigenvalue weighted by molar-refractivity contribution is -0.122. The first-order valence-corrected chi connectivity index (χ1v) is 9.41. The number of carbonyl (C=O) groups is 1. The van der Waals surface area contributed by atoms with Gasteiger partial charge in [0.2, 0.25) is 5.91 Å². The second-order valence-corrected chi connectivity index (χ2v) is 7.36. The van der Waals surface area contributed by atoms with E-state index in [-0.39, 0.29) is 18.3 Å². The van der Waals surface area contributed by atoms with Crippen molar-refractivity contribution in [3.05, 3.63) is 42.5 Å². The predicted octanol–water partition coefficient (Wildman–Crippen LogP) is 3.68. The molecule has 26 heavy (non-hydrogen) atoms. The first-order chi connectivity index (χ1) is 12.3. The fourth-order valence-corrected chi connectivity index (χ4v) is 4.35. The number of rotatable bonds is 6. The van der Waals surface area contributed by atoms with Crippen LogP contribution in [-0.2, 0) is 4.79 Å². The molecule has 0 aliphatic carbocycles. The van der Waals surface area contributed by atoms with Crippen LogP contribution in [0.3, 0.4) is 0 Å². The second kappa shape index (κ2) is 8.74. The minimum atomic E-state index is 0. The number of benzene rings is 2. The maximum Gasteiger partial charge on any atom is 0.220 e. The molecule has 2 bridgehead atoms. The van der Waals surface area contributed by atoms with Crippen LogP contribution < -0.4 is 15.4 Å². The lowest BCUT2D eigenvalue weighted by Gasteiger charge is -2.28. The maximum absolute atomic E-state index is 12.2. The summed E-state index contributed by atoms with van der Waals surface area (Å²) >= 11 is 0. The standard InChI is InChI=1S/C21H26N2O2.ClH/c24-21(14-15-12-17-8-9-18(13-15)23-17)22-10-11-25-20-7-3-5-16-4-1-2-6-19(16)20;/h1-7,15,17-18,23H,8-14H2,(H,22,24);1H. The summed E-state index contributed by atoms with van der Waals surface area (Å²) in [5.74, 6) is 1.58. The second-order valence-electron chi connectivity index (χ2n) is 7.36. The minimum Gasteiger partial charge on any atom is -0.491 e. The van der Waals surface area contributed by atoms with E-state index in [1.807, 2.05) is 24.3 Å². The highest BCUT2D eigenvalue weighted by Gasteiger charge is 2.34. The van der Waals surface area contributed by atoms with E-state index in [2.05, 4.69) is 28.8 Å². The number of amides is 1. The van der Waals surface area contributed by atoms with E-state index >= 15 is 0 Å². The zero-order chi connectivity index (χ0) is 17.1. The number of hydrogen-bond acceptors (Lipinski definition) is 3. The zero-order valence-electron chi connectivity index (χ0n) is 14.9. The van der Waals surface area contributed by atoms with Gasteiger partial charge in [-0.15, -0.1) is 12.4 Å². The van der Waals surface area contributed by atoms with Crippen molar-refractivity contribution < 1.29 is 9.53 Å². The molecule has 1 amide bonds. The topological polar surface area (TPSA) is 50.4 Å². The van der Waals surface area contributed by atoms with E-state index < -0.39 is 0 Å². The summed E-state index contributed by atoms with van der Waals surface area (Å²) in [6, 6.07) is 15.5. The molecule has 2 atom stereocenters. The molecule has 2 aromatic rings. The highest BCUT2D eigenvalue weighted by Crippen LogP contribution is 2.32. The lowest BCUT2D eigenvalue weighted by Crippen LogP contribution is -2.40. The number of nitrogens with one attached hydrogen (secondary N) is 2. The molecule has 2 unspecified atom stereocenters. The van der Waals surface area contributed by atoms with Crippen LogP contribution >= 0.6 is 12.4 Å². The highest BCUT2D eigenvalue weighted by molar-refractivity contribution is 5.88. The van der Waals surface area contributed by atoms with Crippen LogP contribution in [-0.4, -0.2) is 31.1 Å². The van der Waals surface area contributed by atoms with Crippen LogP contribution in [0.1, 0.15) is 32.1 Å². The van der Waals surface area contributed by atoms with Gasteiger partial charge in [-0.2, -0.15) is 0 Å². The van der Waals surface area contributed by atoms with Gasteiger partial charge < -0.3 is 15.4 Å². The molecular formula is C21H27ClN2O2. The van der Waals surface area contributed by atoms with E-state index in [1.54, 1.807) is 0 Å². The Labute approximate surface area is 161 Å². The molecule has 140 valence electrons. The third-order valence-corrected chi connectivity index (χ3v) is 5.48. The predicted molar refractivity (Wildman–Crippen MR) is 107 cm³/mol. The van der Waals surface area contributed by atoms with Crippen molar-refractivity contribution in [1.82, 2.24) is 10.6 Å². The van der Waals surface area contributed by atoms with E-state index in [1.165, 1.54) is 18.2 Å². The van der Waals surface area contributed by atoms with Gasteiger partial charge in [0.1, 0.15) is 12.4 Å². The molecule has 2 saturated heterocycles. The SMILES string of the molecule is Cl.O=C(CC1CC2CCC(C1)N2)NCCOc1cccc2ccccc12. The van der Waals surface area contributed by atoms with Crippen molar-refractivity contribution in [2.24, 2.45) is 5.92 Å². The lowest BCUT2D eigenvalue weighted by atomic mass is 9.89. The van der Waals surface area contributed by atoms with Crippen molar-refractivity contribution in [3.63, 3.8) is 0 Å². The molecule has 2 fully saturated rings. The third-order valence-electron chi connectivity index (χ3n) is 5.48. The number of hydrogen-bond donors (Lipinski definition) is 2. The number of carbonyl (C=O) groups excluding carboxylic acids is 1. The Kier molecular flexibility index (Phi) is 6.38. The largest absolute Gasteiger partial charge is 0.491 e. The van der Waals surface area contributed by atoms with Gasteiger partial charge in [-0.25, -0.2) is 0 Å².